The molecule has 0 aliphatic heterocycles. The second-order valence-corrected chi connectivity index (χ2v) is 4.95. The van der Waals surface area contributed by atoms with Gasteiger partial charge in [0.15, 0.2) is 0 Å². The van der Waals surface area contributed by atoms with E-state index in [4.69, 9.17) is 0 Å². The molecule has 0 unspecified atom stereocenters. The standard InChI is InChI=1S/C16H15BF3NO/c1-17-10-11-5-4-6-12(9-11)21-15(22)13-7-2-3-8-14(13)16(18,19)20/h2-9,17H,10H2,1H3,(H,21,22). The van der Waals surface area contributed by atoms with Crippen LogP contribution in [0.15, 0.2) is 48.5 Å². The van der Waals surface area contributed by atoms with E-state index in [-0.39, 0.29) is 5.56 Å². The Kier molecular flexibility index (Phi) is 4.90. The van der Waals surface area contributed by atoms with Gasteiger partial charge in [-0.05, 0) is 24.3 Å². The normalized spacial score (nSPS) is 11.1. The van der Waals surface area contributed by atoms with Crippen molar-refractivity contribution in [2.24, 2.45) is 0 Å². The van der Waals surface area contributed by atoms with E-state index in [1.165, 1.54) is 18.2 Å². The van der Waals surface area contributed by atoms with Gasteiger partial charge in [-0.25, -0.2) is 0 Å². The van der Waals surface area contributed by atoms with Crippen LogP contribution in [0.3, 0.4) is 0 Å². The van der Waals surface area contributed by atoms with Crippen molar-refractivity contribution in [3.8, 4) is 0 Å². The van der Waals surface area contributed by atoms with E-state index < -0.39 is 17.6 Å². The highest BCUT2D eigenvalue weighted by molar-refractivity contribution is 6.32. The van der Waals surface area contributed by atoms with Crippen molar-refractivity contribution in [3.63, 3.8) is 0 Å². The van der Waals surface area contributed by atoms with Crippen molar-refractivity contribution in [2.75, 3.05) is 5.32 Å². The SMILES string of the molecule is CBCc1cccc(NC(=O)c2ccccc2C(F)(F)F)c1. The van der Waals surface area contributed by atoms with E-state index in [0.717, 1.165) is 25.2 Å². The Morgan fingerprint density at radius 1 is 1.14 bits per heavy atom. The molecule has 0 heterocycles. The summed E-state index contributed by atoms with van der Waals surface area (Å²) in [7, 11) is 0.953. The number of benzene rings is 2. The van der Waals surface area contributed by atoms with Gasteiger partial charge in [0.2, 0.25) is 0 Å². The van der Waals surface area contributed by atoms with Crippen molar-refractivity contribution in [1.29, 1.82) is 0 Å². The molecule has 22 heavy (non-hydrogen) atoms. The minimum Gasteiger partial charge on any atom is -0.322 e. The molecule has 1 N–H and O–H groups in total. The number of hydrogen-bond acceptors (Lipinski definition) is 1. The molecule has 2 rings (SSSR count). The number of carbonyl (C=O) groups is 1. The molecule has 6 heteroatoms. The van der Waals surface area contributed by atoms with E-state index in [0.29, 0.717) is 5.69 Å². The van der Waals surface area contributed by atoms with Gasteiger partial charge in [-0.3, -0.25) is 4.79 Å². The number of hydrogen-bond donors (Lipinski definition) is 1. The first kappa shape index (κ1) is 16.1. The van der Waals surface area contributed by atoms with Crippen LogP contribution in [-0.4, -0.2) is 13.2 Å². The number of rotatable bonds is 4. The predicted molar refractivity (Wildman–Crippen MR) is 82.6 cm³/mol. The van der Waals surface area contributed by atoms with Crippen molar-refractivity contribution in [1.82, 2.24) is 0 Å². The fourth-order valence-electron chi connectivity index (χ4n) is 2.22. The predicted octanol–water partition coefficient (Wildman–Crippen LogP) is 3.94. The van der Waals surface area contributed by atoms with Crippen molar-refractivity contribution in [2.45, 2.75) is 19.3 Å². The molecular weight excluding hydrogens is 290 g/mol. The smallest absolute Gasteiger partial charge is 0.322 e. The molecule has 0 atom stereocenters. The topological polar surface area (TPSA) is 29.1 Å². The number of alkyl halides is 3. The zero-order valence-electron chi connectivity index (χ0n) is 12.1. The van der Waals surface area contributed by atoms with Crippen LogP contribution in [0, 0.1) is 0 Å². The molecule has 0 radical (unpaired) electrons. The largest absolute Gasteiger partial charge is 0.417 e. The van der Waals surface area contributed by atoms with Crippen LogP contribution in [0.25, 0.3) is 0 Å². The van der Waals surface area contributed by atoms with Crippen LogP contribution >= 0.6 is 0 Å². The van der Waals surface area contributed by atoms with E-state index in [1.54, 1.807) is 18.2 Å². The number of nitrogens with one attached hydrogen (secondary N) is 1. The number of halogens is 3. The van der Waals surface area contributed by atoms with Gasteiger partial charge in [0.1, 0.15) is 7.28 Å². The molecular formula is C16H15BF3NO. The van der Waals surface area contributed by atoms with E-state index in [9.17, 15) is 18.0 Å². The van der Waals surface area contributed by atoms with Gasteiger partial charge in [0.25, 0.3) is 5.91 Å². The molecule has 1 amide bonds. The maximum atomic E-state index is 12.9. The second kappa shape index (κ2) is 6.68. The van der Waals surface area contributed by atoms with Crippen LogP contribution in [0.2, 0.25) is 6.82 Å². The van der Waals surface area contributed by atoms with E-state index >= 15 is 0 Å². The lowest BCUT2D eigenvalue weighted by Gasteiger charge is -2.13. The van der Waals surface area contributed by atoms with Gasteiger partial charge >= 0.3 is 6.18 Å². The van der Waals surface area contributed by atoms with Gasteiger partial charge in [-0.1, -0.05) is 43.0 Å². The van der Waals surface area contributed by atoms with Gasteiger partial charge < -0.3 is 5.32 Å². The highest BCUT2D eigenvalue weighted by Crippen LogP contribution is 2.32. The first-order chi connectivity index (χ1) is 10.4. The van der Waals surface area contributed by atoms with E-state index in [2.05, 4.69) is 5.32 Å². The van der Waals surface area contributed by atoms with E-state index in [1.807, 2.05) is 12.9 Å². The Morgan fingerprint density at radius 3 is 2.55 bits per heavy atom. The van der Waals surface area contributed by atoms with Crippen molar-refractivity contribution < 1.29 is 18.0 Å². The average Bonchev–Trinajstić information content (AvgIpc) is 2.47. The quantitative estimate of drug-likeness (QED) is 0.852. The summed E-state index contributed by atoms with van der Waals surface area (Å²) in [6, 6.07) is 11.9. The molecule has 2 aromatic rings. The third kappa shape index (κ3) is 3.90. The molecule has 0 aliphatic carbocycles. The van der Waals surface area contributed by atoms with Crippen molar-refractivity contribution in [3.05, 3.63) is 65.2 Å². The Balaban J connectivity index is 2.25. The Morgan fingerprint density at radius 2 is 1.86 bits per heavy atom. The highest BCUT2D eigenvalue weighted by Gasteiger charge is 2.34. The Labute approximate surface area is 127 Å². The first-order valence-corrected chi connectivity index (χ1v) is 6.98. The van der Waals surface area contributed by atoms with Crippen LogP contribution in [-0.2, 0) is 12.5 Å². The molecule has 0 bridgehead atoms. The molecule has 0 saturated carbocycles. The summed E-state index contributed by atoms with van der Waals surface area (Å²) in [5.41, 5.74) is 0.213. The third-order valence-electron chi connectivity index (χ3n) is 3.20. The maximum Gasteiger partial charge on any atom is 0.417 e. The first-order valence-electron chi connectivity index (χ1n) is 6.98. The summed E-state index contributed by atoms with van der Waals surface area (Å²) in [6.07, 6.45) is -3.71. The highest BCUT2D eigenvalue weighted by atomic mass is 19.4. The monoisotopic (exact) mass is 305 g/mol. The van der Waals surface area contributed by atoms with Crippen LogP contribution in [0.5, 0.6) is 0 Å². The summed E-state index contributed by atoms with van der Waals surface area (Å²) in [4.78, 5) is 12.1. The van der Waals surface area contributed by atoms with Gasteiger partial charge in [0.05, 0.1) is 11.1 Å². The van der Waals surface area contributed by atoms with Crippen LogP contribution in [0.1, 0.15) is 21.5 Å². The lowest BCUT2D eigenvalue weighted by atomic mass is 9.75. The minimum atomic E-state index is -4.56. The molecule has 0 spiro atoms. The minimum absolute atomic E-state index is 0.379. The third-order valence-corrected chi connectivity index (χ3v) is 3.20. The average molecular weight is 305 g/mol. The van der Waals surface area contributed by atoms with Crippen LogP contribution in [0.4, 0.5) is 18.9 Å². The lowest BCUT2D eigenvalue weighted by molar-refractivity contribution is -0.137. The summed E-state index contributed by atoms with van der Waals surface area (Å²) in [5, 5.41) is 2.53. The summed E-state index contributed by atoms with van der Waals surface area (Å²) in [6.45, 7) is 2.03. The number of amides is 1. The van der Waals surface area contributed by atoms with Gasteiger partial charge in [0, 0.05) is 5.69 Å². The summed E-state index contributed by atoms with van der Waals surface area (Å²) >= 11 is 0. The van der Waals surface area contributed by atoms with Gasteiger partial charge in [-0.2, -0.15) is 13.2 Å². The van der Waals surface area contributed by atoms with Crippen LogP contribution < -0.4 is 5.32 Å². The molecule has 0 aromatic heterocycles. The second-order valence-electron chi connectivity index (χ2n) is 4.95. The summed E-state index contributed by atoms with van der Waals surface area (Å²) < 4.78 is 38.8. The van der Waals surface area contributed by atoms with Crippen molar-refractivity contribution >= 4 is 18.9 Å². The summed E-state index contributed by atoms with van der Waals surface area (Å²) in [5.74, 6) is -0.762. The molecule has 0 saturated heterocycles. The molecule has 2 aromatic carbocycles. The zero-order valence-corrected chi connectivity index (χ0v) is 12.1. The van der Waals surface area contributed by atoms with Gasteiger partial charge in [-0.15, -0.1) is 0 Å². The molecule has 0 aliphatic rings. The Hall–Kier alpha value is -2.24. The lowest BCUT2D eigenvalue weighted by Crippen LogP contribution is -2.18. The number of carbonyl (C=O) groups excluding carboxylic acids is 1. The molecule has 0 fully saturated rings. The molecule has 114 valence electrons. The fraction of sp³-hybridized carbons (Fsp3) is 0.188. The maximum absolute atomic E-state index is 12.9. The number of anilines is 1. The molecule has 2 nitrogen and oxygen atoms in total. The Bertz CT molecular complexity index is 670. The fourth-order valence-corrected chi connectivity index (χ4v) is 2.22. The zero-order chi connectivity index (χ0) is 16.2.